The zero-order valence-electron chi connectivity index (χ0n) is 21.0. The van der Waals surface area contributed by atoms with Crippen LogP contribution >= 0.6 is 0 Å². The highest BCUT2D eigenvalue weighted by molar-refractivity contribution is 5.77. The third kappa shape index (κ3) is 12.7. The molecule has 0 aromatic heterocycles. The van der Waals surface area contributed by atoms with Crippen molar-refractivity contribution in [3.63, 3.8) is 0 Å². The van der Waals surface area contributed by atoms with Gasteiger partial charge in [0, 0.05) is 24.7 Å². The summed E-state index contributed by atoms with van der Waals surface area (Å²) < 4.78 is 5.23. The smallest absolute Gasteiger partial charge is 0.407 e. The Morgan fingerprint density at radius 1 is 1.16 bits per heavy atom. The first-order valence-corrected chi connectivity index (χ1v) is 12.3. The summed E-state index contributed by atoms with van der Waals surface area (Å²) in [4.78, 5) is 11.6. The third-order valence-electron chi connectivity index (χ3n) is 5.64. The van der Waals surface area contributed by atoms with Crippen molar-refractivity contribution in [2.75, 3.05) is 13.1 Å². The molecule has 5 N–H and O–H groups in total. The molecular weight excluding hydrogens is 402 g/mol. The van der Waals surface area contributed by atoms with Crippen LogP contribution in [0.2, 0.25) is 0 Å². The van der Waals surface area contributed by atoms with E-state index >= 15 is 0 Å². The summed E-state index contributed by atoms with van der Waals surface area (Å²) in [5, 5.41) is 21.3. The molecule has 0 aromatic carbocycles. The quantitative estimate of drug-likeness (QED) is 0.122. The fraction of sp³-hybridized carbons (Fsp3) is 0.760. The molecule has 1 amide bonds. The first kappa shape index (κ1) is 28.0. The van der Waals surface area contributed by atoms with Gasteiger partial charge in [-0.15, -0.1) is 0 Å². The molecule has 0 radical (unpaired) electrons. The highest BCUT2D eigenvalue weighted by Gasteiger charge is 2.25. The Labute approximate surface area is 195 Å². The lowest BCUT2D eigenvalue weighted by Gasteiger charge is -2.22. The second-order valence-corrected chi connectivity index (χ2v) is 9.72. The summed E-state index contributed by atoms with van der Waals surface area (Å²) in [6.07, 6.45) is 12.1. The number of rotatable bonds is 13. The molecule has 0 spiro atoms. The van der Waals surface area contributed by atoms with Gasteiger partial charge in [-0.1, -0.05) is 38.5 Å². The van der Waals surface area contributed by atoms with E-state index in [1.165, 1.54) is 5.57 Å². The molecule has 1 fully saturated rings. The number of unbranched alkanes of at least 4 members (excludes halogenated alkanes) is 3. The number of guanidine groups is 1. The number of carbonyl (C=O) groups excluding carboxylic acids is 1. The van der Waals surface area contributed by atoms with Crippen molar-refractivity contribution >= 4 is 12.1 Å². The SMILES string of the molecule is C=CC=C(CC)[C@@H](C)NC(=N)N[C@H]1CC[C@H](NCCCCCCNC(=O)OC(C)(C)C)C1. The molecule has 3 atom stereocenters. The predicted octanol–water partition coefficient (Wildman–Crippen LogP) is 4.61. The number of allylic oxidation sites excluding steroid dienone is 2. The average molecular weight is 450 g/mol. The fourth-order valence-corrected chi connectivity index (χ4v) is 3.99. The second kappa shape index (κ2) is 14.9. The summed E-state index contributed by atoms with van der Waals surface area (Å²) in [6.45, 7) is 15.3. The van der Waals surface area contributed by atoms with Gasteiger partial charge in [-0.3, -0.25) is 5.41 Å². The number of hydrogen-bond donors (Lipinski definition) is 5. The highest BCUT2D eigenvalue weighted by Crippen LogP contribution is 2.19. The maximum Gasteiger partial charge on any atom is 0.407 e. The lowest BCUT2D eigenvalue weighted by atomic mass is 10.1. The van der Waals surface area contributed by atoms with Crippen molar-refractivity contribution in [1.29, 1.82) is 5.41 Å². The maximum atomic E-state index is 11.6. The van der Waals surface area contributed by atoms with Gasteiger partial charge >= 0.3 is 6.09 Å². The van der Waals surface area contributed by atoms with Gasteiger partial charge < -0.3 is 26.0 Å². The van der Waals surface area contributed by atoms with Crippen molar-refractivity contribution in [1.82, 2.24) is 21.3 Å². The van der Waals surface area contributed by atoms with E-state index in [0.29, 0.717) is 24.6 Å². The van der Waals surface area contributed by atoms with Crippen LogP contribution < -0.4 is 21.3 Å². The van der Waals surface area contributed by atoms with Crippen molar-refractivity contribution in [2.24, 2.45) is 0 Å². The Morgan fingerprint density at radius 3 is 2.44 bits per heavy atom. The molecule has 7 nitrogen and oxygen atoms in total. The van der Waals surface area contributed by atoms with Crippen molar-refractivity contribution in [2.45, 2.75) is 110 Å². The molecule has 0 aliphatic heterocycles. The highest BCUT2D eigenvalue weighted by atomic mass is 16.6. The maximum absolute atomic E-state index is 11.6. The van der Waals surface area contributed by atoms with E-state index < -0.39 is 5.60 Å². The van der Waals surface area contributed by atoms with Crippen LogP contribution in [0.1, 0.15) is 86.0 Å². The molecule has 0 saturated heterocycles. The third-order valence-corrected chi connectivity index (χ3v) is 5.64. The lowest BCUT2D eigenvalue weighted by molar-refractivity contribution is 0.0527. The molecule has 1 rings (SSSR count). The predicted molar refractivity (Wildman–Crippen MR) is 134 cm³/mol. The topological polar surface area (TPSA) is 98.3 Å². The van der Waals surface area contributed by atoms with Crippen LogP contribution in [0.15, 0.2) is 24.3 Å². The Hall–Kier alpha value is -2.02. The van der Waals surface area contributed by atoms with Crippen LogP contribution in [-0.2, 0) is 4.74 Å². The van der Waals surface area contributed by atoms with Crippen LogP contribution in [0.25, 0.3) is 0 Å². The minimum absolute atomic E-state index is 0.132. The van der Waals surface area contributed by atoms with Crippen LogP contribution in [0, 0.1) is 5.41 Å². The molecular formula is C25H47N5O2. The van der Waals surface area contributed by atoms with E-state index in [1.807, 2.05) is 32.9 Å². The number of nitrogens with one attached hydrogen (secondary N) is 5. The van der Waals surface area contributed by atoms with E-state index in [0.717, 1.165) is 57.9 Å². The van der Waals surface area contributed by atoms with Crippen molar-refractivity contribution < 1.29 is 9.53 Å². The minimum Gasteiger partial charge on any atom is -0.444 e. The number of carbonyl (C=O) groups is 1. The Kier molecular flexibility index (Phi) is 13.1. The Balaban J connectivity index is 2.08. The molecule has 32 heavy (non-hydrogen) atoms. The molecule has 1 aliphatic carbocycles. The van der Waals surface area contributed by atoms with Gasteiger partial charge in [0.2, 0.25) is 0 Å². The van der Waals surface area contributed by atoms with Crippen molar-refractivity contribution in [3.8, 4) is 0 Å². The summed E-state index contributed by atoms with van der Waals surface area (Å²) in [6, 6.07) is 1.01. The Morgan fingerprint density at radius 2 is 1.81 bits per heavy atom. The molecule has 0 unspecified atom stereocenters. The van der Waals surface area contributed by atoms with Gasteiger partial charge in [-0.2, -0.15) is 0 Å². The van der Waals surface area contributed by atoms with Gasteiger partial charge in [0.05, 0.1) is 0 Å². The normalized spacial score (nSPS) is 19.8. The molecule has 7 heteroatoms. The van der Waals surface area contributed by atoms with Crippen LogP contribution in [0.5, 0.6) is 0 Å². The van der Waals surface area contributed by atoms with E-state index in [-0.39, 0.29) is 12.1 Å². The lowest BCUT2D eigenvalue weighted by Crippen LogP contribution is -2.46. The molecule has 1 saturated carbocycles. The molecule has 0 bridgehead atoms. The van der Waals surface area contributed by atoms with Crippen LogP contribution in [0.3, 0.4) is 0 Å². The second-order valence-electron chi connectivity index (χ2n) is 9.72. The number of alkyl carbamates (subject to hydrolysis) is 1. The van der Waals surface area contributed by atoms with Gasteiger partial charge in [-0.05, 0) is 78.3 Å². The summed E-state index contributed by atoms with van der Waals surface area (Å²) >= 11 is 0. The van der Waals surface area contributed by atoms with Gasteiger partial charge in [-0.25, -0.2) is 4.79 Å². The molecule has 184 valence electrons. The van der Waals surface area contributed by atoms with Gasteiger partial charge in [0.25, 0.3) is 0 Å². The Bertz CT molecular complexity index is 612. The fourth-order valence-electron chi connectivity index (χ4n) is 3.99. The molecule has 1 aliphatic rings. The monoisotopic (exact) mass is 449 g/mol. The minimum atomic E-state index is -0.443. The van der Waals surface area contributed by atoms with Gasteiger partial charge in [0.1, 0.15) is 5.60 Å². The first-order valence-electron chi connectivity index (χ1n) is 12.3. The number of ether oxygens (including phenoxy) is 1. The standard InChI is InChI=1S/C25H47N5O2/c1-7-13-20(8-2)19(3)29-23(26)30-22-15-14-21(18-22)27-16-11-9-10-12-17-28-24(31)32-25(4,5)6/h7,13,19,21-22,27H,1,8-12,14-18H2,2-6H3,(H,28,31)(H3,26,29,30)/t19-,21+,22+/m1/s1. The number of hydrogen-bond acceptors (Lipinski definition) is 4. The first-order chi connectivity index (χ1) is 15.1. The van der Waals surface area contributed by atoms with E-state index in [1.54, 1.807) is 0 Å². The largest absolute Gasteiger partial charge is 0.444 e. The van der Waals surface area contributed by atoms with Crippen molar-refractivity contribution in [3.05, 3.63) is 24.3 Å². The zero-order valence-corrected chi connectivity index (χ0v) is 21.0. The average Bonchev–Trinajstić information content (AvgIpc) is 3.13. The van der Waals surface area contributed by atoms with Gasteiger partial charge in [0.15, 0.2) is 5.96 Å². The summed E-state index contributed by atoms with van der Waals surface area (Å²) in [7, 11) is 0. The molecule has 0 aromatic rings. The summed E-state index contributed by atoms with van der Waals surface area (Å²) in [5.74, 6) is 0.409. The van der Waals surface area contributed by atoms with E-state index in [4.69, 9.17) is 10.1 Å². The summed E-state index contributed by atoms with van der Waals surface area (Å²) in [5.41, 5.74) is 0.805. The van der Waals surface area contributed by atoms with Crippen LogP contribution in [0.4, 0.5) is 4.79 Å². The van der Waals surface area contributed by atoms with Crippen LogP contribution in [-0.4, -0.2) is 48.9 Å². The van der Waals surface area contributed by atoms with E-state index in [2.05, 4.69) is 41.7 Å². The molecule has 0 heterocycles. The van der Waals surface area contributed by atoms with E-state index in [9.17, 15) is 4.79 Å². The number of amides is 1. The zero-order chi connectivity index (χ0) is 24.0.